The van der Waals surface area contributed by atoms with E-state index in [0.29, 0.717) is 34.9 Å². The Labute approximate surface area is 181 Å². The van der Waals surface area contributed by atoms with Gasteiger partial charge in [0.2, 0.25) is 11.7 Å². The third-order valence-electron chi connectivity index (χ3n) is 4.49. The van der Waals surface area contributed by atoms with Crippen LogP contribution in [0.25, 0.3) is 23.0 Å². The van der Waals surface area contributed by atoms with Crippen molar-refractivity contribution in [2.24, 2.45) is 0 Å². The number of methoxy groups -OCH3 is 1. The minimum atomic E-state index is 0.413. The molecule has 0 atom stereocenters. The van der Waals surface area contributed by atoms with E-state index in [1.54, 1.807) is 31.8 Å². The maximum Gasteiger partial charge on any atom is 0.238 e. The SMILES string of the molecule is COc1ccc(-c2nnc(SCc3nc(-c4ccco4)no3)n2Cc2ccco2)cc1. The lowest BCUT2D eigenvalue weighted by Crippen LogP contribution is -2.03. The Morgan fingerprint density at radius 3 is 2.58 bits per heavy atom. The first-order valence-corrected chi connectivity index (χ1v) is 10.4. The maximum atomic E-state index is 5.54. The lowest BCUT2D eigenvalue weighted by molar-refractivity contribution is 0.390. The van der Waals surface area contributed by atoms with Crippen LogP contribution in [0.2, 0.25) is 0 Å². The monoisotopic (exact) mass is 435 g/mol. The van der Waals surface area contributed by atoms with Crippen molar-refractivity contribution >= 4 is 11.8 Å². The van der Waals surface area contributed by atoms with E-state index < -0.39 is 0 Å². The van der Waals surface area contributed by atoms with Gasteiger partial charge in [-0.2, -0.15) is 4.98 Å². The fourth-order valence-electron chi connectivity index (χ4n) is 3.00. The van der Waals surface area contributed by atoms with Gasteiger partial charge in [0.05, 0.1) is 31.9 Å². The summed E-state index contributed by atoms with van der Waals surface area (Å²) >= 11 is 1.45. The molecule has 31 heavy (non-hydrogen) atoms. The molecule has 0 aliphatic carbocycles. The van der Waals surface area contributed by atoms with Crippen molar-refractivity contribution in [3.63, 3.8) is 0 Å². The topological polar surface area (TPSA) is 105 Å². The van der Waals surface area contributed by atoms with E-state index >= 15 is 0 Å². The van der Waals surface area contributed by atoms with Gasteiger partial charge in [0.1, 0.15) is 11.5 Å². The van der Waals surface area contributed by atoms with E-state index in [9.17, 15) is 0 Å². The first-order chi connectivity index (χ1) is 15.3. The lowest BCUT2D eigenvalue weighted by atomic mass is 10.2. The number of hydrogen-bond acceptors (Lipinski definition) is 9. The summed E-state index contributed by atoms with van der Waals surface area (Å²) in [7, 11) is 1.64. The number of benzene rings is 1. The van der Waals surface area contributed by atoms with Crippen LogP contribution in [0.5, 0.6) is 5.75 Å². The maximum absolute atomic E-state index is 5.54. The molecular weight excluding hydrogens is 418 g/mol. The fourth-order valence-corrected chi connectivity index (χ4v) is 3.77. The van der Waals surface area contributed by atoms with Gasteiger partial charge in [-0.05, 0) is 48.5 Å². The number of nitrogens with zero attached hydrogens (tertiary/aromatic N) is 5. The molecule has 0 aliphatic heterocycles. The molecule has 10 heteroatoms. The Morgan fingerprint density at radius 2 is 1.84 bits per heavy atom. The number of furan rings is 2. The zero-order valence-corrected chi connectivity index (χ0v) is 17.3. The van der Waals surface area contributed by atoms with Crippen LogP contribution in [0, 0.1) is 0 Å². The van der Waals surface area contributed by atoms with Crippen molar-refractivity contribution in [1.29, 1.82) is 0 Å². The standard InChI is InChI=1S/C21H17N5O4S/c1-27-15-8-6-14(7-9-15)20-23-24-21(26(20)12-16-4-2-10-28-16)31-13-18-22-19(25-30-18)17-5-3-11-29-17/h2-11H,12-13H2,1H3. The molecule has 0 amide bonds. The van der Waals surface area contributed by atoms with Gasteiger partial charge in [0.15, 0.2) is 16.7 Å². The summed E-state index contributed by atoms with van der Waals surface area (Å²) in [6.07, 6.45) is 3.21. The van der Waals surface area contributed by atoms with Gasteiger partial charge in [-0.25, -0.2) is 0 Å². The lowest BCUT2D eigenvalue weighted by Gasteiger charge is -2.09. The van der Waals surface area contributed by atoms with Gasteiger partial charge in [-0.15, -0.1) is 10.2 Å². The van der Waals surface area contributed by atoms with Crippen LogP contribution in [0.1, 0.15) is 11.7 Å². The number of rotatable bonds is 8. The van der Waals surface area contributed by atoms with Crippen molar-refractivity contribution in [2.75, 3.05) is 7.11 Å². The molecule has 1 aromatic carbocycles. The second-order valence-corrected chi connectivity index (χ2v) is 7.42. The molecule has 0 fully saturated rings. The predicted molar refractivity (Wildman–Crippen MR) is 111 cm³/mol. The molecule has 0 spiro atoms. The van der Waals surface area contributed by atoms with E-state index in [4.69, 9.17) is 18.1 Å². The van der Waals surface area contributed by atoms with Crippen molar-refractivity contribution in [3.05, 3.63) is 72.7 Å². The first kappa shape index (κ1) is 19.2. The highest BCUT2D eigenvalue weighted by Gasteiger charge is 2.18. The fraction of sp³-hybridized carbons (Fsp3) is 0.143. The van der Waals surface area contributed by atoms with Crippen LogP contribution in [0.4, 0.5) is 0 Å². The Morgan fingerprint density at radius 1 is 1.00 bits per heavy atom. The molecule has 5 rings (SSSR count). The van der Waals surface area contributed by atoms with E-state index in [1.165, 1.54) is 11.8 Å². The molecule has 156 valence electrons. The summed E-state index contributed by atoms with van der Waals surface area (Å²) in [4.78, 5) is 4.38. The van der Waals surface area contributed by atoms with Gasteiger partial charge in [0, 0.05) is 5.56 Å². The van der Waals surface area contributed by atoms with Crippen LogP contribution in [-0.2, 0) is 12.3 Å². The zero-order valence-electron chi connectivity index (χ0n) is 16.5. The smallest absolute Gasteiger partial charge is 0.238 e. The Balaban J connectivity index is 1.40. The van der Waals surface area contributed by atoms with E-state index in [-0.39, 0.29) is 0 Å². The normalized spacial score (nSPS) is 11.1. The molecule has 5 aromatic rings. The van der Waals surface area contributed by atoms with Gasteiger partial charge >= 0.3 is 0 Å². The largest absolute Gasteiger partial charge is 0.497 e. The van der Waals surface area contributed by atoms with Gasteiger partial charge in [-0.3, -0.25) is 4.57 Å². The van der Waals surface area contributed by atoms with Gasteiger partial charge < -0.3 is 18.1 Å². The second-order valence-electron chi connectivity index (χ2n) is 6.48. The minimum Gasteiger partial charge on any atom is -0.497 e. The van der Waals surface area contributed by atoms with Crippen LogP contribution in [-0.4, -0.2) is 32.0 Å². The highest BCUT2D eigenvalue weighted by Crippen LogP contribution is 2.28. The highest BCUT2D eigenvalue weighted by atomic mass is 32.2. The predicted octanol–water partition coefficient (Wildman–Crippen LogP) is 4.53. The number of thioether (sulfide) groups is 1. The Hall–Kier alpha value is -3.79. The summed E-state index contributed by atoms with van der Waals surface area (Å²) in [5.41, 5.74) is 0.921. The third kappa shape index (κ3) is 4.10. The average Bonchev–Trinajstić information content (AvgIpc) is 3.61. The summed E-state index contributed by atoms with van der Waals surface area (Å²) in [6.45, 7) is 0.491. The van der Waals surface area contributed by atoms with Crippen molar-refractivity contribution in [2.45, 2.75) is 17.5 Å². The minimum absolute atomic E-state index is 0.413. The van der Waals surface area contributed by atoms with Crippen LogP contribution >= 0.6 is 11.8 Å². The third-order valence-corrected chi connectivity index (χ3v) is 5.45. The summed E-state index contributed by atoms with van der Waals surface area (Å²) in [6, 6.07) is 15.0. The molecule has 9 nitrogen and oxygen atoms in total. The molecule has 4 aromatic heterocycles. The van der Waals surface area contributed by atoms with Crippen LogP contribution < -0.4 is 4.74 Å². The second kappa shape index (κ2) is 8.52. The van der Waals surface area contributed by atoms with Crippen molar-refractivity contribution in [3.8, 4) is 28.7 Å². The van der Waals surface area contributed by atoms with Crippen LogP contribution in [0.15, 0.2) is 79.6 Å². The van der Waals surface area contributed by atoms with Crippen LogP contribution in [0.3, 0.4) is 0 Å². The molecule has 0 N–H and O–H groups in total. The summed E-state index contributed by atoms with van der Waals surface area (Å²) < 4.78 is 23.4. The average molecular weight is 435 g/mol. The molecule has 0 bridgehead atoms. The van der Waals surface area contributed by atoms with E-state index in [0.717, 1.165) is 22.9 Å². The van der Waals surface area contributed by atoms with Crippen molar-refractivity contribution in [1.82, 2.24) is 24.9 Å². The van der Waals surface area contributed by atoms with Gasteiger partial charge in [-0.1, -0.05) is 16.9 Å². The van der Waals surface area contributed by atoms with Gasteiger partial charge in [0.25, 0.3) is 0 Å². The van der Waals surface area contributed by atoms with E-state index in [1.807, 2.05) is 41.0 Å². The molecule has 4 heterocycles. The number of ether oxygens (including phenoxy) is 1. The van der Waals surface area contributed by atoms with Crippen molar-refractivity contribution < 1.29 is 18.1 Å². The Kier molecular flexibility index (Phi) is 5.28. The molecule has 0 unspecified atom stereocenters. The molecule has 0 radical (unpaired) electrons. The van der Waals surface area contributed by atoms with E-state index in [2.05, 4.69) is 20.3 Å². The number of aromatic nitrogens is 5. The zero-order chi connectivity index (χ0) is 21.0. The summed E-state index contributed by atoms with van der Waals surface area (Å²) in [5, 5.41) is 13.5. The Bertz CT molecular complexity index is 1240. The number of hydrogen-bond donors (Lipinski definition) is 0. The first-order valence-electron chi connectivity index (χ1n) is 9.39. The molecule has 0 aliphatic rings. The quantitative estimate of drug-likeness (QED) is 0.325. The molecule has 0 saturated heterocycles. The highest BCUT2D eigenvalue weighted by molar-refractivity contribution is 7.98. The molecular formula is C21H17N5O4S. The summed E-state index contributed by atoms with van der Waals surface area (Å²) in [5.74, 6) is 4.18. The molecule has 0 saturated carbocycles.